The molecule has 1 fully saturated rings. The van der Waals surface area contributed by atoms with Gasteiger partial charge in [-0.25, -0.2) is 4.79 Å². The van der Waals surface area contributed by atoms with Crippen LogP contribution in [-0.2, 0) is 6.54 Å². The van der Waals surface area contributed by atoms with E-state index in [-0.39, 0.29) is 18.3 Å². The van der Waals surface area contributed by atoms with Crippen molar-refractivity contribution in [2.45, 2.75) is 38.6 Å². The Morgan fingerprint density at radius 1 is 1.14 bits per heavy atom. The van der Waals surface area contributed by atoms with Crippen LogP contribution in [-0.4, -0.2) is 51.7 Å². The number of hydrogen-bond donors (Lipinski definition) is 1. The van der Waals surface area contributed by atoms with Crippen molar-refractivity contribution in [2.24, 2.45) is 0 Å². The van der Waals surface area contributed by atoms with E-state index in [0.717, 1.165) is 26.1 Å². The molecule has 0 spiro atoms. The number of carbonyl (C=O) groups excluding carboxylic acids is 1. The number of amides is 1. The maximum Gasteiger partial charge on any atom is 0.420 e. The lowest BCUT2D eigenvalue weighted by atomic mass is 10.2. The maximum absolute atomic E-state index is 12.2. The Labute approximate surface area is 167 Å². The molecule has 2 aromatic heterocycles. The number of rotatable bonds is 7. The monoisotopic (exact) mass is 399 g/mol. The van der Waals surface area contributed by atoms with Gasteiger partial charge in [-0.05, 0) is 51.0 Å². The van der Waals surface area contributed by atoms with Gasteiger partial charge in [0.25, 0.3) is 0 Å². The van der Waals surface area contributed by atoms with Gasteiger partial charge in [-0.3, -0.25) is 9.36 Å². The van der Waals surface area contributed by atoms with Crippen molar-refractivity contribution in [3.05, 3.63) is 46.5 Å². The van der Waals surface area contributed by atoms with Crippen LogP contribution in [0.2, 0.25) is 0 Å². The van der Waals surface area contributed by atoms with E-state index in [4.69, 9.17) is 8.94 Å². The van der Waals surface area contributed by atoms with Crippen molar-refractivity contribution in [1.29, 1.82) is 0 Å². The highest BCUT2D eigenvalue weighted by Gasteiger charge is 2.17. The topological polar surface area (TPSA) is 106 Å². The highest BCUT2D eigenvalue weighted by molar-refractivity contribution is 5.89. The summed E-state index contributed by atoms with van der Waals surface area (Å²) in [5, 5.41) is 6.63. The summed E-state index contributed by atoms with van der Waals surface area (Å²) in [6, 6.07) is 7.10. The van der Waals surface area contributed by atoms with Gasteiger partial charge in [0.15, 0.2) is 11.4 Å². The molecule has 0 radical (unpaired) electrons. The Kier molecular flexibility index (Phi) is 6.04. The number of likely N-dealkylation sites (tertiary alicyclic amines) is 1. The molecule has 0 aliphatic carbocycles. The summed E-state index contributed by atoms with van der Waals surface area (Å²) < 4.78 is 11.7. The molecule has 1 aliphatic heterocycles. The van der Waals surface area contributed by atoms with Crippen LogP contribution in [0.3, 0.4) is 0 Å². The van der Waals surface area contributed by atoms with Crippen LogP contribution in [0.15, 0.2) is 38.0 Å². The number of oxazole rings is 1. The fourth-order valence-corrected chi connectivity index (χ4v) is 3.66. The zero-order valence-electron chi connectivity index (χ0n) is 16.3. The van der Waals surface area contributed by atoms with Crippen molar-refractivity contribution in [1.82, 2.24) is 24.9 Å². The molecule has 154 valence electrons. The molecule has 1 amide bonds. The van der Waals surface area contributed by atoms with Crippen molar-refractivity contribution in [2.75, 3.05) is 26.2 Å². The molecule has 1 saturated heterocycles. The normalized spacial score (nSPS) is 15.4. The lowest BCUT2D eigenvalue weighted by Gasteiger charge is -2.19. The predicted octanol–water partition coefficient (Wildman–Crippen LogP) is 2.02. The lowest BCUT2D eigenvalue weighted by Crippen LogP contribution is -2.30. The molecule has 29 heavy (non-hydrogen) atoms. The SMILES string of the molecule is O=C(NCCCN1CCCCCC1)c1nc(Cn2c(=O)oc3ccccc32)no1. The molecule has 9 heteroatoms. The Morgan fingerprint density at radius 3 is 2.76 bits per heavy atom. The van der Waals surface area contributed by atoms with Gasteiger partial charge in [-0.15, -0.1) is 0 Å². The van der Waals surface area contributed by atoms with Gasteiger partial charge in [0.05, 0.1) is 12.1 Å². The van der Waals surface area contributed by atoms with Crippen molar-refractivity contribution < 1.29 is 13.7 Å². The van der Waals surface area contributed by atoms with E-state index in [1.165, 1.54) is 30.3 Å². The quantitative estimate of drug-likeness (QED) is 0.606. The number of fused-ring (bicyclic) bond motifs is 1. The van der Waals surface area contributed by atoms with Crippen LogP contribution in [0.1, 0.15) is 48.6 Å². The Bertz CT molecular complexity index is 1010. The van der Waals surface area contributed by atoms with E-state index in [1.807, 2.05) is 6.07 Å². The first-order chi connectivity index (χ1) is 14.2. The van der Waals surface area contributed by atoms with Gasteiger partial charge in [0, 0.05) is 6.54 Å². The Hall–Kier alpha value is -2.94. The number of aromatic nitrogens is 3. The molecule has 0 bridgehead atoms. The van der Waals surface area contributed by atoms with E-state index in [2.05, 4.69) is 20.4 Å². The van der Waals surface area contributed by atoms with Crippen LogP contribution in [0.5, 0.6) is 0 Å². The molecule has 0 unspecified atom stereocenters. The summed E-state index contributed by atoms with van der Waals surface area (Å²) in [5.41, 5.74) is 1.13. The van der Waals surface area contributed by atoms with Crippen LogP contribution in [0.25, 0.3) is 11.1 Å². The lowest BCUT2D eigenvalue weighted by molar-refractivity contribution is 0.0908. The van der Waals surface area contributed by atoms with Crippen LogP contribution in [0.4, 0.5) is 0 Å². The minimum Gasteiger partial charge on any atom is -0.408 e. The summed E-state index contributed by atoms with van der Waals surface area (Å²) in [6.45, 7) is 3.89. The van der Waals surface area contributed by atoms with Gasteiger partial charge < -0.3 is 19.2 Å². The fraction of sp³-hybridized carbons (Fsp3) is 0.500. The van der Waals surface area contributed by atoms with Gasteiger partial charge in [0.2, 0.25) is 0 Å². The second-order valence-corrected chi connectivity index (χ2v) is 7.30. The molecular weight excluding hydrogens is 374 g/mol. The van der Waals surface area contributed by atoms with E-state index < -0.39 is 11.7 Å². The maximum atomic E-state index is 12.2. The van der Waals surface area contributed by atoms with Crippen molar-refractivity contribution in [3.63, 3.8) is 0 Å². The third-order valence-corrected chi connectivity index (χ3v) is 5.17. The molecular formula is C20H25N5O4. The third kappa shape index (κ3) is 4.73. The molecule has 1 N–H and O–H groups in total. The van der Waals surface area contributed by atoms with Crippen LogP contribution < -0.4 is 11.1 Å². The van der Waals surface area contributed by atoms with E-state index in [0.29, 0.717) is 17.6 Å². The van der Waals surface area contributed by atoms with Crippen LogP contribution in [0, 0.1) is 0 Å². The van der Waals surface area contributed by atoms with E-state index >= 15 is 0 Å². The van der Waals surface area contributed by atoms with E-state index in [9.17, 15) is 9.59 Å². The smallest absolute Gasteiger partial charge is 0.408 e. The van der Waals surface area contributed by atoms with Gasteiger partial charge in [0.1, 0.15) is 0 Å². The first-order valence-electron chi connectivity index (χ1n) is 10.1. The number of nitrogens with zero attached hydrogens (tertiary/aromatic N) is 4. The summed E-state index contributed by atoms with van der Waals surface area (Å²) >= 11 is 0. The first-order valence-corrected chi connectivity index (χ1v) is 10.1. The third-order valence-electron chi connectivity index (χ3n) is 5.17. The fourth-order valence-electron chi connectivity index (χ4n) is 3.66. The largest absolute Gasteiger partial charge is 0.420 e. The molecule has 1 aliphatic rings. The van der Waals surface area contributed by atoms with Gasteiger partial charge in [-0.2, -0.15) is 4.98 Å². The molecule has 0 saturated carbocycles. The van der Waals surface area contributed by atoms with Crippen molar-refractivity contribution in [3.8, 4) is 0 Å². The Balaban J connectivity index is 1.29. The number of hydrogen-bond acceptors (Lipinski definition) is 7. The second-order valence-electron chi connectivity index (χ2n) is 7.30. The molecule has 0 atom stereocenters. The molecule has 1 aromatic carbocycles. The number of nitrogens with one attached hydrogen (secondary N) is 1. The average Bonchev–Trinajstić information content (AvgIpc) is 3.21. The van der Waals surface area contributed by atoms with Gasteiger partial charge >= 0.3 is 17.6 Å². The Morgan fingerprint density at radius 2 is 1.93 bits per heavy atom. The number of carbonyl (C=O) groups is 1. The highest BCUT2D eigenvalue weighted by Crippen LogP contribution is 2.13. The number of para-hydroxylation sites is 2. The number of benzene rings is 1. The van der Waals surface area contributed by atoms with Gasteiger partial charge in [-0.1, -0.05) is 30.1 Å². The van der Waals surface area contributed by atoms with E-state index in [1.54, 1.807) is 18.2 Å². The predicted molar refractivity (Wildman–Crippen MR) is 106 cm³/mol. The standard InChI is InChI=1S/C20H25N5O4/c26-18(21-10-7-13-24-11-5-1-2-6-12-24)19-22-17(23-29-19)14-25-15-8-3-4-9-16(15)28-20(25)27/h3-4,8-9H,1-2,5-7,10-14H2,(H,21,26). The minimum atomic E-state index is -0.504. The van der Waals surface area contributed by atoms with Crippen molar-refractivity contribution >= 4 is 17.0 Å². The summed E-state index contributed by atoms with van der Waals surface area (Å²) in [4.78, 5) is 30.8. The average molecular weight is 399 g/mol. The first kappa shape index (κ1) is 19.4. The van der Waals surface area contributed by atoms with Crippen LogP contribution >= 0.6 is 0 Å². The minimum absolute atomic E-state index is 0.0710. The molecule has 3 heterocycles. The zero-order chi connectivity index (χ0) is 20.1. The molecule has 3 aromatic rings. The molecule has 4 rings (SSSR count). The second kappa shape index (κ2) is 9.04. The molecule has 9 nitrogen and oxygen atoms in total. The highest BCUT2D eigenvalue weighted by atomic mass is 16.5. The summed E-state index contributed by atoms with van der Waals surface area (Å²) in [7, 11) is 0. The summed E-state index contributed by atoms with van der Waals surface area (Å²) in [5.74, 6) is -0.761. The summed E-state index contributed by atoms with van der Waals surface area (Å²) in [6.07, 6.45) is 6.02. The zero-order valence-corrected chi connectivity index (χ0v) is 16.3.